The van der Waals surface area contributed by atoms with Gasteiger partial charge < -0.3 is 5.11 Å². The van der Waals surface area contributed by atoms with Gasteiger partial charge in [-0.05, 0) is 86.4 Å². The predicted molar refractivity (Wildman–Crippen MR) is 166 cm³/mol. The molecule has 0 heterocycles. The Kier molecular flexibility index (Phi) is 7.55. The molecule has 1 N–H and O–H groups in total. The van der Waals surface area contributed by atoms with Gasteiger partial charge in [0, 0.05) is 5.41 Å². The Bertz CT molecular complexity index is 1230. The second kappa shape index (κ2) is 11.1. The summed E-state index contributed by atoms with van der Waals surface area (Å²) < 4.78 is 0. The zero-order chi connectivity index (χ0) is 26.0. The van der Waals surface area contributed by atoms with Crippen molar-refractivity contribution in [3.63, 3.8) is 0 Å². The van der Waals surface area contributed by atoms with Crippen LogP contribution in [-0.4, -0.2) is 23.5 Å². The largest absolute Gasteiger partial charge is 0.393 e. The number of aliphatic hydroxyl groups excluding tert-OH is 1. The van der Waals surface area contributed by atoms with E-state index in [1.165, 1.54) is 33.8 Å². The molecule has 0 aliphatic heterocycles. The van der Waals surface area contributed by atoms with Crippen molar-refractivity contribution in [2.45, 2.75) is 38.7 Å². The summed E-state index contributed by atoms with van der Waals surface area (Å²) in [6.45, 7) is 2.56. The van der Waals surface area contributed by atoms with Crippen LogP contribution in [0.5, 0.6) is 0 Å². The van der Waals surface area contributed by atoms with Crippen molar-refractivity contribution in [3.05, 3.63) is 121 Å². The molecule has 2 aliphatic carbocycles. The maximum atomic E-state index is 11.7. The molecule has 0 bridgehead atoms. The number of fused-ring (bicyclic) bond motifs is 1. The monoisotopic (exact) mass is 536 g/mol. The second-order valence-electron chi connectivity index (χ2n) is 11.5. The number of hydrogen-bond donors (Lipinski definition) is 1. The molecule has 0 amide bonds. The van der Waals surface area contributed by atoms with Gasteiger partial charge in [0.05, 0.1) is 6.10 Å². The molecule has 4 atom stereocenters. The van der Waals surface area contributed by atoms with E-state index in [1.54, 1.807) is 0 Å². The summed E-state index contributed by atoms with van der Waals surface area (Å²) in [7, 11) is -0.984. The van der Waals surface area contributed by atoms with Crippen LogP contribution in [0.1, 0.15) is 32.6 Å². The molecule has 4 aromatic rings. The van der Waals surface area contributed by atoms with Crippen LogP contribution in [0.3, 0.4) is 0 Å². The minimum atomic E-state index is -0.528. The van der Waals surface area contributed by atoms with Gasteiger partial charge in [-0.25, -0.2) is 0 Å². The maximum absolute atomic E-state index is 11.7. The second-order valence-corrected chi connectivity index (χ2v) is 16.0. The summed E-state index contributed by atoms with van der Waals surface area (Å²) in [6.07, 6.45) is 6.53. The molecule has 0 saturated heterocycles. The summed E-state index contributed by atoms with van der Waals surface area (Å²) >= 11 is 0. The summed E-state index contributed by atoms with van der Waals surface area (Å²) in [6, 6.07) is 44.6. The lowest BCUT2D eigenvalue weighted by atomic mass is 9.45. The van der Waals surface area contributed by atoms with Crippen LogP contribution in [0, 0.1) is 16.7 Å². The molecule has 0 spiro atoms. The van der Waals surface area contributed by atoms with Crippen molar-refractivity contribution >= 4 is 37.1 Å². The van der Waals surface area contributed by atoms with Gasteiger partial charge in [0.15, 0.2) is 0 Å². The first-order valence-corrected chi connectivity index (χ1v) is 17.1. The topological polar surface area (TPSA) is 20.2 Å². The van der Waals surface area contributed by atoms with E-state index in [4.69, 9.17) is 0 Å². The van der Waals surface area contributed by atoms with Gasteiger partial charge >= 0.3 is 0 Å². The van der Waals surface area contributed by atoms with E-state index < -0.39 is 15.8 Å². The highest BCUT2D eigenvalue weighted by Crippen LogP contribution is 2.67. The number of rotatable bonds is 8. The van der Waals surface area contributed by atoms with Crippen molar-refractivity contribution in [1.29, 1.82) is 0 Å². The summed E-state index contributed by atoms with van der Waals surface area (Å²) in [5.74, 6) is 0.564. The van der Waals surface area contributed by atoms with Gasteiger partial charge in [0.1, 0.15) is 0 Å². The van der Waals surface area contributed by atoms with Crippen LogP contribution in [0.2, 0.25) is 0 Å². The molecular formula is C35H38OP2. The molecule has 1 nitrogen and oxygen atoms in total. The smallest absolute Gasteiger partial charge is 0.0603 e. The molecule has 4 aromatic carbocycles. The Balaban J connectivity index is 1.35. The van der Waals surface area contributed by atoms with E-state index in [0.717, 1.165) is 25.4 Å². The van der Waals surface area contributed by atoms with E-state index in [2.05, 4.69) is 128 Å². The Labute approximate surface area is 230 Å². The Morgan fingerprint density at radius 3 is 1.34 bits per heavy atom. The van der Waals surface area contributed by atoms with E-state index >= 15 is 0 Å². The predicted octanol–water partition coefficient (Wildman–Crippen LogP) is 6.81. The first-order chi connectivity index (χ1) is 18.6. The normalized spacial score (nSPS) is 26.6. The fourth-order valence-electron chi connectivity index (χ4n) is 7.26. The molecule has 0 radical (unpaired) electrons. The molecular weight excluding hydrogens is 498 g/mol. The van der Waals surface area contributed by atoms with Crippen molar-refractivity contribution in [1.82, 2.24) is 0 Å². The molecule has 3 heteroatoms. The molecule has 38 heavy (non-hydrogen) atoms. The van der Waals surface area contributed by atoms with Gasteiger partial charge in [-0.2, -0.15) is 0 Å². The number of hydrogen-bond acceptors (Lipinski definition) is 1. The molecule has 6 rings (SSSR count). The van der Waals surface area contributed by atoms with Gasteiger partial charge in [-0.15, -0.1) is 0 Å². The lowest BCUT2D eigenvalue weighted by Crippen LogP contribution is -2.62. The Hall–Kier alpha value is -2.30. The highest BCUT2D eigenvalue weighted by atomic mass is 31.1. The minimum Gasteiger partial charge on any atom is -0.393 e. The lowest BCUT2D eigenvalue weighted by Gasteiger charge is -2.64. The van der Waals surface area contributed by atoms with Gasteiger partial charge in [-0.1, -0.05) is 128 Å². The fourth-order valence-corrected chi connectivity index (χ4v) is 13.0. The standard InChI is InChI=1S/C35H38OP2/c1-34(26-37(28-14-6-2-7-15-28)29-16-8-3-9-17-29)24-23-33(36)35(25-22-32(34)35)27-38(30-18-10-4-11-19-30)31-20-12-5-13-21-31/h2-21,32-33,36H,22-27H2,1H3. The van der Waals surface area contributed by atoms with Crippen LogP contribution < -0.4 is 21.2 Å². The van der Waals surface area contributed by atoms with Crippen LogP contribution in [0.25, 0.3) is 0 Å². The van der Waals surface area contributed by atoms with Gasteiger partial charge in [-0.3, -0.25) is 0 Å². The van der Waals surface area contributed by atoms with E-state index in [-0.39, 0.29) is 16.9 Å². The SMILES string of the molecule is CC1(CP(c2ccccc2)c2ccccc2)CCC(O)C2(CP(c3ccccc3)c3ccccc3)CCC12. The minimum absolute atomic E-state index is 0.0127. The highest BCUT2D eigenvalue weighted by molar-refractivity contribution is 7.73. The highest BCUT2D eigenvalue weighted by Gasteiger charge is 2.61. The number of aliphatic hydroxyl groups is 1. The molecule has 4 unspecified atom stereocenters. The van der Waals surface area contributed by atoms with Crippen LogP contribution in [-0.2, 0) is 0 Å². The Morgan fingerprint density at radius 1 is 0.579 bits per heavy atom. The Morgan fingerprint density at radius 2 is 0.974 bits per heavy atom. The van der Waals surface area contributed by atoms with E-state index in [1.807, 2.05) is 0 Å². The van der Waals surface area contributed by atoms with Gasteiger partial charge in [0.2, 0.25) is 0 Å². The zero-order valence-corrected chi connectivity index (χ0v) is 24.1. The molecule has 194 valence electrons. The van der Waals surface area contributed by atoms with Crippen molar-refractivity contribution in [2.75, 3.05) is 12.3 Å². The van der Waals surface area contributed by atoms with Crippen LogP contribution in [0.15, 0.2) is 121 Å². The first-order valence-electron chi connectivity index (χ1n) is 14.0. The summed E-state index contributed by atoms with van der Waals surface area (Å²) in [5.41, 5.74) is 0.238. The zero-order valence-electron chi connectivity index (χ0n) is 22.3. The first kappa shape index (κ1) is 26.0. The average molecular weight is 537 g/mol. The fraction of sp³-hybridized carbons (Fsp3) is 0.314. The molecule has 2 saturated carbocycles. The number of benzene rings is 4. The van der Waals surface area contributed by atoms with Crippen molar-refractivity contribution in [2.24, 2.45) is 16.7 Å². The quantitative estimate of drug-likeness (QED) is 0.245. The molecule has 2 fully saturated rings. The lowest BCUT2D eigenvalue weighted by molar-refractivity contribution is -0.156. The summed E-state index contributed by atoms with van der Waals surface area (Å²) in [4.78, 5) is 0. The molecule has 2 aliphatic rings. The third kappa shape index (κ3) is 4.91. The van der Waals surface area contributed by atoms with E-state index in [9.17, 15) is 5.11 Å². The third-order valence-corrected chi connectivity index (χ3v) is 15.0. The van der Waals surface area contributed by atoms with Crippen molar-refractivity contribution < 1.29 is 5.11 Å². The van der Waals surface area contributed by atoms with Crippen molar-refractivity contribution in [3.8, 4) is 0 Å². The average Bonchev–Trinajstić information content (AvgIpc) is 2.96. The molecule has 0 aromatic heterocycles. The summed E-state index contributed by atoms with van der Waals surface area (Å²) in [5, 5.41) is 17.5. The third-order valence-electron chi connectivity index (χ3n) is 9.33. The maximum Gasteiger partial charge on any atom is 0.0603 e. The van der Waals surface area contributed by atoms with Crippen LogP contribution in [0.4, 0.5) is 0 Å². The van der Waals surface area contributed by atoms with E-state index in [0.29, 0.717) is 5.92 Å². The van der Waals surface area contributed by atoms with Gasteiger partial charge in [0.25, 0.3) is 0 Å². The van der Waals surface area contributed by atoms with Crippen LogP contribution >= 0.6 is 15.8 Å².